The number of ether oxygens (including phenoxy) is 1. The summed E-state index contributed by atoms with van der Waals surface area (Å²) < 4.78 is 4.69. The molecule has 0 aliphatic carbocycles. The fourth-order valence-electron chi connectivity index (χ4n) is 3.44. The van der Waals surface area contributed by atoms with Gasteiger partial charge in [-0.05, 0) is 63.4 Å². The first-order valence-corrected chi connectivity index (χ1v) is 10.7. The van der Waals surface area contributed by atoms with Crippen LogP contribution in [0.5, 0.6) is 0 Å². The summed E-state index contributed by atoms with van der Waals surface area (Å²) >= 11 is 0. The largest absolute Gasteiger partial charge is 0.465 e. The molecule has 166 valence electrons. The average Bonchev–Trinajstić information content (AvgIpc) is 2.76. The van der Waals surface area contributed by atoms with Crippen LogP contribution in [0, 0.1) is 11.8 Å². The Morgan fingerprint density at radius 1 is 1.07 bits per heavy atom. The van der Waals surface area contributed by atoms with Gasteiger partial charge >= 0.3 is 5.97 Å². The number of hydrogen-bond acceptors (Lipinski definition) is 5. The predicted octanol–water partition coefficient (Wildman–Crippen LogP) is 2.35. The number of hydrogen-bond donors (Lipinski definition) is 2. The van der Waals surface area contributed by atoms with Gasteiger partial charge in [-0.25, -0.2) is 4.79 Å². The van der Waals surface area contributed by atoms with Crippen LogP contribution in [-0.2, 0) is 20.9 Å². The normalized spacial score (nSPS) is 17.3. The number of nitrogens with zero attached hydrogens (tertiary/aromatic N) is 1. The highest BCUT2D eigenvalue weighted by molar-refractivity contribution is 5.89. The fraction of sp³-hybridized carbons (Fsp3) is 0.609. The Kier molecular flexibility index (Phi) is 8.84. The molecule has 1 aliphatic rings. The van der Waals surface area contributed by atoms with Gasteiger partial charge in [0.2, 0.25) is 11.8 Å². The first-order valence-electron chi connectivity index (χ1n) is 10.7. The lowest BCUT2D eigenvalue weighted by molar-refractivity contribution is -0.129. The molecule has 1 aromatic carbocycles. The first kappa shape index (κ1) is 23.9. The molecule has 0 aromatic heterocycles. The highest BCUT2D eigenvalue weighted by Gasteiger charge is 2.30. The molecule has 1 aliphatic heterocycles. The second-order valence-electron chi connectivity index (χ2n) is 8.43. The molecule has 7 nitrogen and oxygen atoms in total. The maximum atomic E-state index is 12.6. The SMILES string of the molecule is COC(=O)c1ccc(CNC(=O)[C@H](C)N2CCC(C(=O)N[C@@H](C)C(C)C)CC2)cc1. The standard InChI is InChI=1S/C23H35N3O4/c1-15(2)16(3)25-22(28)19-10-12-26(13-11-19)17(4)21(27)24-14-18-6-8-20(9-7-18)23(29)30-5/h6-9,15-17,19H,10-14H2,1-5H3,(H,24,27)(H,25,28)/t16-,17-/m0/s1. The van der Waals surface area contributed by atoms with E-state index in [1.807, 2.05) is 13.8 Å². The van der Waals surface area contributed by atoms with E-state index in [-0.39, 0.29) is 35.8 Å². The molecule has 0 radical (unpaired) electrons. The summed E-state index contributed by atoms with van der Waals surface area (Å²) in [7, 11) is 1.35. The zero-order valence-corrected chi connectivity index (χ0v) is 18.7. The molecule has 1 aromatic rings. The van der Waals surface area contributed by atoms with Crippen molar-refractivity contribution in [2.45, 2.75) is 59.2 Å². The molecular formula is C23H35N3O4. The number of carbonyl (C=O) groups is 3. The van der Waals surface area contributed by atoms with Gasteiger partial charge in [-0.15, -0.1) is 0 Å². The third kappa shape index (κ3) is 6.55. The van der Waals surface area contributed by atoms with Crippen LogP contribution in [-0.4, -0.2) is 55.0 Å². The Balaban J connectivity index is 1.78. The summed E-state index contributed by atoms with van der Waals surface area (Å²) in [6.45, 7) is 10.00. The minimum Gasteiger partial charge on any atom is -0.465 e. The van der Waals surface area contributed by atoms with Crippen LogP contribution in [0.25, 0.3) is 0 Å². The van der Waals surface area contributed by atoms with Gasteiger partial charge in [0.15, 0.2) is 0 Å². The minimum absolute atomic E-state index is 0.0195. The van der Waals surface area contributed by atoms with Crippen molar-refractivity contribution in [2.24, 2.45) is 11.8 Å². The molecule has 1 heterocycles. The van der Waals surface area contributed by atoms with E-state index >= 15 is 0 Å². The molecule has 2 atom stereocenters. The van der Waals surface area contributed by atoms with Crippen LogP contribution in [0.2, 0.25) is 0 Å². The average molecular weight is 418 g/mol. The number of carbonyl (C=O) groups excluding carboxylic acids is 3. The van der Waals surface area contributed by atoms with Crippen molar-refractivity contribution in [1.29, 1.82) is 0 Å². The second kappa shape index (κ2) is 11.1. The van der Waals surface area contributed by atoms with Gasteiger partial charge in [0.25, 0.3) is 0 Å². The molecule has 1 fully saturated rings. The lowest BCUT2D eigenvalue weighted by Gasteiger charge is -2.35. The van der Waals surface area contributed by atoms with Crippen LogP contribution in [0.1, 0.15) is 56.5 Å². The molecule has 0 saturated carbocycles. The molecule has 7 heteroatoms. The van der Waals surface area contributed by atoms with Crippen molar-refractivity contribution in [3.05, 3.63) is 35.4 Å². The lowest BCUT2D eigenvalue weighted by atomic mass is 9.94. The van der Waals surface area contributed by atoms with Gasteiger partial charge in [-0.3, -0.25) is 14.5 Å². The van der Waals surface area contributed by atoms with Crippen molar-refractivity contribution in [1.82, 2.24) is 15.5 Å². The fourth-order valence-corrected chi connectivity index (χ4v) is 3.44. The van der Waals surface area contributed by atoms with Crippen LogP contribution in [0.3, 0.4) is 0 Å². The molecule has 0 unspecified atom stereocenters. The van der Waals surface area contributed by atoms with E-state index in [4.69, 9.17) is 0 Å². The molecule has 30 heavy (non-hydrogen) atoms. The van der Waals surface area contributed by atoms with Crippen molar-refractivity contribution < 1.29 is 19.1 Å². The van der Waals surface area contributed by atoms with Gasteiger partial charge in [-0.1, -0.05) is 26.0 Å². The predicted molar refractivity (Wildman–Crippen MR) is 116 cm³/mol. The molecule has 2 rings (SSSR count). The van der Waals surface area contributed by atoms with Gasteiger partial charge < -0.3 is 15.4 Å². The quantitative estimate of drug-likeness (QED) is 0.634. The van der Waals surface area contributed by atoms with Crippen LogP contribution in [0.4, 0.5) is 0 Å². The molecule has 2 N–H and O–H groups in total. The Hall–Kier alpha value is -2.41. The summed E-state index contributed by atoms with van der Waals surface area (Å²) in [4.78, 5) is 38.6. The van der Waals surface area contributed by atoms with E-state index in [9.17, 15) is 14.4 Å². The van der Waals surface area contributed by atoms with Gasteiger partial charge in [-0.2, -0.15) is 0 Å². The number of rotatable bonds is 8. The number of esters is 1. The molecule has 0 spiro atoms. The number of piperidine rings is 1. The summed E-state index contributed by atoms with van der Waals surface area (Å²) in [6, 6.07) is 6.90. The summed E-state index contributed by atoms with van der Waals surface area (Å²) in [5.41, 5.74) is 1.40. The van der Waals surface area contributed by atoms with Crippen LogP contribution in [0.15, 0.2) is 24.3 Å². The maximum absolute atomic E-state index is 12.6. The van der Waals surface area contributed by atoms with E-state index in [1.165, 1.54) is 7.11 Å². The molecule has 0 bridgehead atoms. The van der Waals surface area contributed by atoms with E-state index in [2.05, 4.69) is 34.1 Å². The Morgan fingerprint density at radius 3 is 2.20 bits per heavy atom. The van der Waals surface area contributed by atoms with E-state index in [0.717, 1.165) is 31.5 Å². The Morgan fingerprint density at radius 2 is 1.67 bits per heavy atom. The Labute approximate surface area is 179 Å². The topological polar surface area (TPSA) is 87.7 Å². The Bertz CT molecular complexity index is 724. The van der Waals surface area contributed by atoms with Crippen molar-refractivity contribution in [3.8, 4) is 0 Å². The van der Waals surface area contributed by atoms with Gasteiger partial charge in [0.05, 0.1) is 18.7 Å². The maximum Gasteiger partial charge on any atom is 0.337 e. The molecule has 2 amide bonds. The first-order chi connectivity index (χ1) is 14.2. The van der Waals surface area contributed by atoms with Gasteiger partial charge in [0.1, 0.15) is 0 Å². The second-order valence-corrected chi connectivity index (χ2v) is 8.43. The third-order valence-corrected chi connectivity index (χ3v) is 6.04. The molecule has 1 saturated heterocycles. The summed E-state index contributed by atoms with van der Waals surface area (Å²) in [5, 5.41) is 6.06. The van der Waals surface area contributed by atoms with Crippen LogP contribution < -0.4 is 10.6 Å². The van der Waals surface area contributed by atoms with E-state index < -0.39 is 0 Å². The van der Waals surface area contributed by atoms with Gasteiger partial charge in [0, 0.05) is 18.5 Å². The smallest absolute Gasteiger partial charge is 0.337 e. The lowest BCUT2D eigenvalue weighted by Crippen LogP contribution is -2.50. The number of benzene rings is 1. The summed E-state index contributed by atoms with van der Waals surface area (Å²) in [6.07, 6.45) is 1.53. The van der Waals surface area contributed by atoms with Crippen molar-refractivity contribution in [2.75, 3.05) is 20.2 Å². The summed E-state index contributed by atoms with van der Waals surface area (Å²) in [5.74, 6) is 0.141. The zero-order valence-electron chi connectivity index (χ0n) is 18.7. The third-order valence-electron chi connectivity index (χ3n) is 6.04. The number of amides is 2. The monoisotopic (exact) mass is 417 g/mol. The zero-order chi connectivity index (χ0) is 22.3. The van der Waals surface area contributed by atoms with Crippen molar-refractivity contribution >= 4 is 17.8 Å². The van der Waals surface area contributed by atoms with E-state index in [0.29, 0.717) is 18.0 Å². The van der Waals surface area contributed by atoms with Crippen molar-refractivity contribution in [3.63, 3.8) is 0 Å². The minimum atomic E-state index is -0.380. The van der Waals surface area contributed by atoms with E-state index in [1.54, 1.807) is 24.3 Å². The van der Waals surface area contributed by atoms with Crippen LogP contribution >= 0.6 is 0 Å². The molecular weight excluding hydrogens is 382 g/mol. The highest BCUT2D eigenvalue weighted by atomic mass is 16.5. The highest BCUT2D eigenvalue weighted by Crippen LogP contribution is 2.20. The number of likely N-dealkylation sites (tertiary alicyclic amines) is 1. The number of nitrogens with one attached hydrogen (secondary N) is 2. The number of methoxy groups -OCH3 is 1.